The van der Waals surface area contributed by atoms with Gasteiger partial charge in [0.25, 0.3) is 0 Å². The van der Waals surface area contributed by atoms with Gasteiger partial charge in [0.05, 0.1) is 18.6 Å². The van der Waals surface area contributed by atoms with Gasteiger partial charge in [0.15, 0.2) is 0 Å². The Morgan fingerprint density at radius 3 is 1.57 bits per heavy atom. The fraction of sp³-hybridized carbons (Fsp3) is 0.116. The third-order valence-electron chi connectivity index (χ3n) is 8.68. The molecule has 0 unspecified atom stereocenters. The maximum Gasteiger partial charge on any atom is 0.119 e. The van der Waals surface area contributed by atoms with Gasteiger partial charge >= 0.3 is 0 Å². The minimum absolute atomic E-state index is 0.0412. The van der Waals surface area contributed by atoms with E-state index in [4.69, 9.17) is 9.47 Å². The molecular weight excluding hydrogens is 580 g/mol. The molecule has 0 aliphatic heterocycles. The summed E-state index contributed by atoms with van der Waals surface area (Å²) in [6.07, 6.45) is 0. The van der Waals surface area contributed by atoms with Crippen LogP contribution in [-0.2, 0) is 5.41 Å². The topological polar surface area (TPSA) is 58.9 Å². The van der Waals surface area contributed by atoms with Crippen LogP contribution in [0.25, 0.3) is 22.3 Å². The van der Waals surface area contributed by atoms with Crippen molar-refractivity contribution in [3.05, 3.63) is 179 Å². The summed E-state index contributed by atoms with van der Waals surface area (Å²) in [7, 11) is 0. The normalized spacial score (nSPS) is 12.4. The standard InChI is InChI=1S/C43H34O4/c44-26-28-46-37-21-17-35(18-22-37)43(36-19-23-38(24-20-36)47-29-27-45)41-9-5-4-8-39(41)40-25-16-34(30-42(40)43)33-14-12-32(13-15-33)11-10-31-6-2-1-3-7-31/h1-9,12-25,30,44-45H,26-29H2. The van der Waals surface area contributed by atoms with E-state index in [9.17, 15) is 10.2 Å². The number of hydrogen-bond acceptors (Lipinski definition) is 4. The second-order valence-corrected chi connectivity index (χ2v) is 11.4. The first-order valence-electron chi connectivity index (χ1n) is 15.8. The number of fused-ring (bicyclic) bond motifs is 3. The SMILES string of the molecule is OCCOc1ccc(C2(c3ccc(OCCO)cc3)c3ccccc3-c3ccc(-c4ccc(C#Cc5ccccc5)cc4)cc32)cc1. The summed E-state index contributed by atoms with van der Waals surface area (Å²) in [6, 6.07) is 50.3. The number of ether oxygens (including phenoxy) is 2. The molecule has 47 heavy (non-hydrogen) atoms. The van der Waals surface area contributed by atoms with Crippen molar-refractivity contribution in [2.75, 3.05) is 26.4 Å². The Labute approximate surface area is 275 Å². The first-order chi connectivity index (χ1) is 23.2. The largest absolute Gasteiger partial charge is 0.491 e. The van der Waals surface area contributed by atoms with Gasteiger partial charge in [-0.1, -0.05) is 103 Å². The van der Waals surface area contributed by atoms with Gasteiger partial charge in [-0.05, 0) is 99.1 Å². The molecule has 0 aromatic heterocycles. The van der Waals surface area contributed by atoms with E-state index in [1.54, 1.807) is 0 Å². The lowest BCUT2D eigenvalue weighted by Crippen LogP contribution is -2.28. The molecule has 0 amide bonds. The molecule has 4 nitrogen and oxygen atoms in total. The van der Waals surface area contributed by atoms with Gasteiger partial charge in [0.2, 0.25) is 0 Å². The Bertz CT molecular complexity index is 1980. The molecule has 0 bridgehead atoms. The summed E-state index contributed by atoms with van der Waals surface area (Å²) in [6.45, 7) is 0.401. The lowest BCUT2D eigenvalue weighted by Gasteiger charge is -2.34. The van der Waals surface area contributed by atoms with Crippen LogP contribution in [0.4, 0.5) is 0 Å². The van der Waals surface area contributed by atoms with Crippen molar-refractivity contribution in [2.45, 2.75) is 5.41 Å². The Kier molecular flexibility index (Phi) is 8.58. The number of rotatable bonds is 9. The molecule has 230 valence electrons. The van der Waals surface area contributed by atoms with Crippen LogP contribution in [0.15, 0.2) is 146 Å². The number of aliphatic hydroxyl groups excluding tert-OH is 2. The molecule has 7 rings (SSSR count). The van der Waals surface area contributed by atoms with Gasteiger partial charge < -0.3 is 19.7 Å². The van der Waals surface area contributed by atoms with Crippen LogP contribution in [0.1, 0.15) is 33.4 Å². The molecule has 0 saturated heterocycles. The van der Waals surface area contributed by atoms with Crippen molar-refractivity contribution >= 4 is 0 Å². The number of aliphatic hydroxyl groups is 2. The van der Waals surface area contributed by atoms with Gasteiger partial charge in [0.1, 0.15) is 24.7 Å². The van der Waals surface area contributed by atoms with E-state index in [0.29, 0.717) is 11.5 Å². The zero-order valence-corrected chi connectivity index (χ0v) is 25.9. The molecule has 0 spiro atoms. The van der Waals surface area contributed by atoms with Crippen molar-refractivity contribution in [2.24, 2.45) is 0 Å². The summed E-state index contributed by atoms with van der Waals surface area (Å²) in [5, 5.41) is 18.6. The molecule has 6 aromatic rings. The maximum atomic E-state index is 9.29. The third kappa shape index (κ3) is 5.79. The quantitative estimate of drug-likeness (QED) is 0.163. The highest BCUT2D eigenvalue weighted by molar-refractivity contribution is 5.88. The Balaban J connectivity index is 1.36. The lowest BCUT2D eigenvalue weighted by atomic mass is 9.67. The average Bonchev–Trinajstić information content (AvgIpc) is 3.44. The first-order valence-corrected chi connectivity index (χ1v) is 15.8. The van der Waals surface area contributed by atoms with E-state index in [2.05, 4.69) is 103 Å². The average molecular weight is 615 g/mol. The molecule has 0 atom stereocenters. The highest BCUT2D eigenvalue weighted by Crippen LogP contribution is 2.57. The van der Waals surface area contributed by atoms with Crippen LogP contribution in [0.2, 0.25) is 0 Å². The molecular formula is C43H34O4. The monoisotopic (exact) mass is 614 g/mol. The van der Waals surface area contributed by atoms with Gasteiger partial charge in [-0.3, -0.25) is 0 Å². The van der Waals surface area contributed by atoms with Crippen molar-refractivity contribution < 1.29 is 19.7 Å². The number of benzene rings is 6. The minimum Gasteiger partial charge on any atom is -0.491 e. The van der Waals surface area contributed by atoms with Gasteiger partial charge in [-0.2, -0.15) is 0 Å². The second-order valence-electron chi connectivity index (χ2n) is 11.4. The zero-order chi connectivity index (χ0) is 32.1. The Morgan fingerprint density at radius 2 is 0.979 bits per heavy atom. The van der Waals surface area contributed by atoms with Crippen molar-refractivity contribution in [1.82, 2.24) is 0 Å². The summed E-state index contributed by atoms with van der Waals surface area (Å²) in [5.74, 6) is 7.95. The summed E-state index contributed by atoms with van der Waals surface area (Å²) < 4.78 is 11.5. The highest BCUT2D eigenvalue weighted by Gasteiger charge is 2.46. The lowest BCUT2D eigenvalue weighted by molar-refractivity contribution is 0.201. The molecule has 0 fully saturated rings. The molecule has 0 radical (unpaired) electrons. The van der Waals surface area contributed by atoms with Crippen LogP contribution >= 0.6 is 0 Å². The fourth-order valence-corrected chi connectivity index (χ4v) is 6.59. The van der Waals surface area contributed by atoms with Crippen molar-refractivity contribution in [1.29, 1.82) is 0 Å². The summed E-state index contributed by atoms with van der Waals surface area (Å²) in [5.41, 5.74) is 10.6. The van der Waals surface area contributed by atoms with E-state index in [-0.39, 0.29) is 26.4 Å². The zero-order valence-electron chi connectivity index (χ0n) is 25.9. The molecule has 1 aliphatic carbocycles. The summed E-state index contributed by atoms with van der Waals surface area (Å²) in [4.78, 5) is 0. The molecule has 6 aromatic carbocycles. The Morgan fingerprint density at radius 1 is 0.468 bits per heavy atom. The second kappa shape index (κ2) is 13.4. The summed E-state index contributed by atoms with van der Waals surface area (Å²) >= 11 is 0. The van der Waals surface area contributed by atoms with Gasteiger partial charge in [0, 0.05) is 11.1 Å². The van der Waals surface area contributed by atoms with Crippen molar-refractivity contribution in [3.8, 4) is 45.6 Å². The smallest absolute Gasteiger partial charge is 0.119 e. The highest BCUT2D eigenvalue weighted by atomic mass is 16.5. The van der Waals surface area contributed by atoms with E-state index in [0.717, 1.165) is 33.4 Å². The molecule has 4 heteroatoms. The molecule has 1 aliphatic rings. The third-order valence-corrected chi connectivity index (χ3v) is 8.68. The van der Waals surface area contributed by atoms with Gasteiger partial charge in [-0.15, -0.1) is 0 Å². The first kappa shape index (κ1) is 30.1. The van der Waals surface area contributed by atoms with Crippen LogP contribution in [-0.4, -0.2) is 36.6 Å². The van der Waals surface area contributed by atoms with Crippen molar-refractivity contribution in [3.63, 3.8) is 0 Å². The predicted molar refractivity (Wildman–Crippen MR) is 187 cm³/mol. The van der Waals surface area contributed by atoms with Crippen LogP contribution in [0.3, 0.4) is 0 Å². The van der Waals surface area contributed by atoms with Crippen LogP contribution < -0.4 is 9.47 Å². The van der Waals surface area contributed by atoms with Gasteiger partial charge in [-0.25, -0.2) is 0 Å². The van der Waals surface area contributed by atoms with Crippen LogP contribution in [0, 0.1) is 11.8 Å². The maximum absolute atomic E-state index is 9.29. The van der Waals surface area contributed by atoms with E-state index in [1.165, 1.54) is 22.3 Å². The minimum atomic E-state index is -0.617. The number of hydrogen-bond donors (Lipinski definition) is 2. The fourth-order valence-electron chi connectivity index (χ4n) is 6.59. The van der Waals surface area contributed by atoms with E-state index < -0.39 is 5.41 Å². The molecule has 2 N–H and O–H groups in total. The van der Waals surface area contributed by atoms with E-state index >= 15 is 0 Å². The predicted octanol–water partition coefficient (Wildman–Crippen LogP) is 7.86. The Hall–Kier alpha value is -5.60. The van der Waals surface area contributed by atoms with E-state index in [1.807, 2.05) is 54.6 Å². The molecule has 0 saturated carbocycles. The van der Waals surface area contributed by atoms with Crippen LogP contribution in [0.5, 0.6) is 11.5 Å². The molecule has 0 heterocycles.